The molecule has 28 heavy (non-hydrogen) atoms. The summed E-state index contributed by atoms with van der Waals surface area (Å²) in [6.45, 7) is 3.07. The number of carbonyl (C=O) groups is 1. The van der Waals surface area contributed by atoms with Crippen LogP contribution in [-0.4, -0.2) is 94.1 Å². The molecule has 3 aliphatic rings. The molecule has 10 heteroatoms. The van der Waals surface area contributed by atoms with Crippen LogP contribution in [0.1, 0.15) is 26.2 Å². The van der Waals surface area contributed by atoms with Gasteiger partial charge in [-0.1, -0.05) is 6.42 Å². The molecule has 3 aliphatic heterocycles. The molecule has 0 aromatic heterocycles. The minimum absolute atomic E-state index is 0.183. The molecule has 0 saturated carbocycles. The number of nitrogens with one attached hydrogen (secondary N) is 2. The van der Waals surface area contributed by atoms with E-state index in [0.717, 1.165) is 25.8 Å². The summed E-state index contributed by atoms with van der Waals surface area (Å²) < 4.78 is 11.7. The number of aliphatic hydroxyl groups excluding tert-OH is 3. The zero-order valence-electron chi connectivity index (χ0n) is 16.2. The topological polar surface area (TPSA) is 120 Å². The summed E-state index contributed by atoms with van der Waals surface area (Å²) in [5.74, 6) is 0.0449. The van der Waals surface area contributed by atoms with Crippen molar-refractivity contribution in [3.63, 3.8) is 0 Å². The first kappa shape index (κ1) is 22.6. The number of alkyl halides is 1. The summed E-state index contributed by atoms with van der Waals surface area (Å²) in [5.41, 5.74) is -0.725. The zero-order chi connectivity index (χ0) is 20.4. The highest BCUT2D eigenvalue weighted by Crippen LogP contribution is 2.31. The van der Waals surface area contributed by atoms with Gasteiger partial charge >= 0.3 is 0 Å². The van der Waals surface area contributed by atoms with E-state index in [4.69, 9.17) is 21.1 Å². The monoisotopic (exact) mass is 438 g/mol. The van der Waals surface area contributed by atoms with Gasteiger partial charge < -0.3 is 35.4 Å². The van der Waals surface area contributed by atoms with Crippen molar-refractivity contribution in [3.8, 4) is 0 Å². The second-order valence-corrected chi connectivity index (χ2v) is 9.49. The van der Waals surface area contributed by atoms with E-state index in [0.29, 0.717) is 12.5 Å². The third-order valence-corrected chi connectivity index (χ3v) is 7.08. The number of aliphatic hydroxyl groups is 3. The molecule has 3 heterocycles. The van der Waals surface area contributed by atoms with Gasteiger partial charge in [-0.3, -0.25) is 4.79 Å². The molecule has 5 unspecified atom stereocenters. The van der Waals surface area contributed by atoms with Crippen LogP contribution < -0.4 is 10.6 Å². The number of amides is 1. The molecule has 3 fully saturated rings. The van der Waals surface area contributed by atoms with Gasteiger partial charge in [0.2, 0.25) is 5.91 Å². The highest BCUT2D eigenvalue weighted by molar-refractivity contribution is 7.99. The quantitative estimate of drug-likeness (QED) is 0.362. The Morgan fingerprint density at radius 2 is 2.00 bits per heavy atom. The molecule has 8 nitrogen and oxygen atoms in total. The Hall–Kier alpha value is -0.130. The maximum Gasteiger partial charge on any atom is 0.240 e. The van der Waals surface area contributed by atoms with Crippen LogP contribution in [0.4, 0.5) is 0 Å². The first-order valence-electron chi connectivity index (χ1n) is 9.87. The van der Waals surface area contributed by atoms with E-state index in [1.54, 1.807) is 13.2 Å². The second kappa shape index (κ2) is 9.78. The van der Waals surface area contributed by atoms with Crippen molar-refractivity contribution in [3.05, 3.63) is 0 Å². The summed E-state index contributed by atoms with van der Waals surface area (Å²) in [4.78, 5) is 13.0. The van der Waals surface area contributed by atoms with E-state index in [9.17, 15) is 20.1 Å². The van der Waals surface area contributed by atoms with Crippen LogP contribution in [0.25, 0.3) is 0 Å². The van der Waals surface area contributed by atoms with E-state index >= 15 is 0 Å². The van der Waals surface area contributed by atoms with E-state index in [1.807, 2.05) is 0 Å². The third-order valence-electron chi connectivity index (χ3n) is 5.95. The average Bonchev–Trinajstić information content (AvgIpc) is 2.93. The lowest BCUT2D eigenvalue weighted by Gasteiger charge is -2.44. The predicted molar refractivity (Wildman–Crippen MR) is 106 cm³/mol. The van der Waals surface area contributed by atoms with E-state index in [2.05, 4.69) is 10.6 Å². The first-order valence-corrected chi connectivity index (χ1v) is 11.6. The number of halogens is 1. The van der Waals surface area contributed by atoms with Crippen molar-refractivity contribution in [1.82, 2.24) is 10.6 Å². The molecule has 162 valence electrons. The number of hydrogen-bond donors (Lipinski definition) is 5. The van der Waals surface area contributed by atoms with Gasteiger partial charge in [0.05, 0.1) is 17.5 Å². The van der Waals surface area contributed by atoms with E-state index in [-0.39, 0.29) is 12.0 Å². The van der Waals surface area contributed by atoms with Gasteiger partial charge in [-0.15, -0.1) is 23.4 Å². The van der Waals surface area contributed by atoms with Crippen LogP contribution in [0.15, 0.2) is 0 Å². The van der Waals surface area contributed by atoms with E-state index < -0.39 is 47.3 Å². The minimum Gasteiger partial charge on any atom is -0.388 e. The van der Waals surface area contributed by atoms with Crippen molar-refractivity contribution >= 4 is 29.3 Å². The Bertz CT molecular complexity index is 542. The Kier molecular flexibility index (Phi) is 7.88. The molecule has 3 rings (SSSR count). The normalized spacial score (nSPS) is 43.6. The molecule has 5 N–H and O–H groups in total. The van der Waals surface area contributed by atoms with Crippen molar-refractivity contribution in [2.75, 3.05) is 19.4 Å². The Labute approximate surface area is 174 Å². The maximum atomic E-state index is 13.0. The lowest BCUT2D eigenvalue weighted by atomic mass is 9.92. The first-order chi connectivity index (χ1) is 13.3. The molecule has 0 bridgehead atoms. The molecule has 10 atom stereocenters. The molecule has 3 saturated heterocycles. The number of rotatable bonds is 5. The van der Waals surface area contributed by atoms with Crippen LogP contribution in [-0.2, 0) is 14.3 Å². The van der Waals surface area contributed by atoms with E-state index in [1.165, 1.54) is 11.8 Å². The van der Waals surface area contributed by atoms with Crippen LogP contribution in [0.2, 0.25) is 0 Å². The van der Waals surface area contributed by atoms with Gasteiger partial charge in [0, 0.05) is 13.2 Å². The summed E-state index contributed by atoms with van der Waals surface area (Å²) >= 11 is 7.55. The second-order valence-electron chi connectivity index (χ2n) is 7.87. The van der Waals surface area contributed by atoms with Crippen LogP contribution >= 0.6 is 23.4 Å². The Morgan fingerprint density at radius 1 is 1.25 bits per heavy atom. The van der Waals surface area contributed by atoms with Crippen LogP contribution in [0, 0.1) is 5.92 Å². The SMILES string of the molecule is CSC1OC([C@H](NC(=O)[C@H]2NC[C@@H]3CCCCO[C@@H]32)[C@H](C)Cl)C(O)C(O)C1O. The summed E-state index contributed by atoms with van der Waals surface area (Å²) in [6, 6.07) is -1.23. The molecular formula is C18H31ClN2O6S. The summed E-state index contributed by atoms with van der Waals surface area (Å²) in [6.07, 6.45) is -0.247. The van der Waals surface area contributed by atoms with Gasteiger partial charge in [0.25, 0.3) is 0 Å². The fourth-order valence-electron chi connectivity index (χ4n) is 4.33. The van der Waals surface area contributed by atoms with Crippen molar-refractivity contribution in [1.29, 1.82) is 0 Å². The Balaban J connectivity index is 1.71. The van der Waals surface area contributed by atoms with Gasteiger partial charge in [-0.05, 0) is 31.9 Å². The molecule has 0 radical (unpaired) electrons. The minimum atomic E-state index is -1.38. The molecule has 0 spiro atoms. The standard InChI is InChI=1S/C18H31ClN2O6S/c1-8(19)10(16-13(23)12(22)14(24)18(27-16)28-2)21-17(25)11-15-9(7-20-11)5-3-4-6-26-15/h8-16,18,20,22-24H,3-7H2,1-2H3,(H,21,25)/t8-,9-,10+,11-,12?,13?,14?,15-,16?,18?/m0/s1. The lowest BCUT2D eigenvalue weighted by molar-refractivity contribution is -0.205. The molecule has 0 aliphatic carbocycles. The molecule has 0 aromatic rings. The van der Waals surface area contributed by atoms with Crippen molar-refractivity contribution in [2.45, 2.75) is 79.6 Å². The largest absolute Gasteiger partial charge is 0.388 e. The van der Waals surface area contributed by atoms with Gasteiger partial charge in [-0.25, -0.2) is 0 Å². The zero-order valence-corrected chi connectivity index (χ0v) is 17.7. The number of ether oxygens (including phenoxy) is 2. The summed E-state index contributed by atoms with van der Waals surface area (Å²) in [7, 11) is 0. The van der Waals surface area contributed by atoms with Crippen LogP contribution in [0.3, 0.4) is 0 Å². The highest BCUT2D eigenvalue weighted by atomic mass is 35.5. The maximum absolute atomic E-state index is 13.0. The fourth-order valence-corrected chi connectivity index (χ4v) is 5.21. The highest BCUT2D eigenvalue weighted by Gasteiger charge is 2.49. The number of fused-ring (bicyclic) bond motifs is 1. The van der Waals surface area contributed by atoms with Gasteiger partial charge in [-0.2, -0.15) is 0 Å². The summed E-state index contributed by atoms with van der Waals surface area (Å²) in [5, 5.41) is 36.3. The Morgan fingerprint density at radius 3 is 2.68 bits per heavy atom. The van der Waals surface area contributed by atoms with Crippen molar-refractivity contribution in [2.24, 2.45) is 5.92 Å². The lowest BCUT2D eigenvalue weighted by Crippen LogP contribution is -2.65. The fraction of sp³-hybridized carbons (Fsp3) is 0.944. The number of thioether (sulfide) groups is 1. The molecular weight excluding hydrogens is 408 g/mol. The van der Waals surface area contributed by atoms with Gasteiger partial charge in [0.1, 0.15) is 35.9 Å². The smallest absolute Gasteiger partial charge is 0.240 e. The average molecular weight is 439 g/mol. The molecule has 0 aromatic carbocycles. The number of hydrogen-bond acceptors (Lipinski definition) is 8. The van der Waals surface area contributed by atoms with Gasteiger partial charge in [0.15, 0.2) is 0 Å². The number of carbonyl (C=O) groups excluding carboxylic acids is 1. The van der Waals surface area contributed by atoms with Crippen molar-refractivity contribution < 1.29 is 29.6 Å². The molecule has 1 amide bonds. The van der Waals surface area contributed by atoms with Crippen LogP contribution in [0.5, 0.6) is 0 Å². The third kappa shape index (κ3) is 4.62. The predicted octanol–water partition coefficient (Wildman–Crippen LogP) is -0.574.